The third-order valence-electron chi connectivity index (χ3n) is 10.4. The Bertz CT molecular complexity index is 2840. The van der Waals surface area contributed by atoms with Crippen molar-refractivity contribution >= 4 is 53.9 Å². The Labute approximate surface area is 291 Å². The van der Waals surface area contributed by atoms with Crippen molar-refractivity contribution in [1.29, 1.82) is 0 Å². The van der Waals surface area contributed by atoms with Gasteiger partial charge in [0.15, 0.2) is 0 Å². The molecule has 0 atom stereocenters. The standard InChI is InChI=1S/C50H32/c1-2-12-33(13-3-1)35-22-26-37(27-23-35)49-42-18-8-10-20-44(42)50(45-21-11-9-19-43(45)49)48-32-47-40(29-25-36-15-6-7-17-41(36)47)31-46(48)39-28-24-34-14-4-5-16-38(34)30-39/h1-32H. The van der Waals surface area contributed by atoms with Crippen LogP contribution in [-0.4, -0.2) is 0 Å². The summed E-state index contributed by atoms with van der Waals surface area (Å²) in [6, 6.07) is 71.4. The summed E-state index contributed by atoms with van der Waals surface area (Å²) < 4.78 is 0. The first-order chi connectivity index (χ1) is 24.8. The van der Waals surface area contributed by atoms with Crippen LogP contribution in [0.25, 0.3) is 98.4 Å². The molecule has 10 rings (SSSR count). The average Bonchev–Trinajstić information content (AvgIpc) is 3.19. The van der Waals surface area contributed by atoms with Gasteiger partial charge in [0.05, 0.1) is 0 Å². The summed E-state index contributed by atoms with van der Waals surface area (Å²) in [5.41, 5.74) is 9.95. The lowest BCUT2D eigenvalue weighted by Crippen LogP contribution is -1.94. The van der Waals surface area contributed by atoms with Gasteiger partial charge in [-0.25, -0.2) is 0 Å². The van der Waals surface area contributed by atoms with Gasteiger partial charge in [-0.05, 0) is 117 Å². The highest BCUT2D eigenvalue weighted by molar-refractivity contribution is 6.24. The summed E-state index contributed by atoms with van der Waals surface area (Å²) in [5.74, 6) is 0. The van der Waals surface area contributed by atoms with Crippen LogP contribution >= 0.6 is 0 Å². The Morgan fingerprint density at radius 2 is 0.680 bits per heavy atom. The maximum atomic E-state index is 2.46. The number of rotatable bonds is 4. The molecule has 0 heterocycles. The zero-order chi connectivity index (χ0) is 33.0. The van der Waals surface area contributed by atoms with Gasteiger partial charge in [-0.1, -0.05) is 176 Å². The minimum atomic E-state index is 1.22. The lowest BCUT2D eigenvalue weighted by Gasteiger charge is -2.21. The van der Waals surface area contributed by atoms with Crippen LogP contribution in [-0.2, 0) is 0 Å². The molecule has 0 spiro atoms. The molecule has 0 saturated carbocycles. The zero-order valence-corrected chi connectivity index (χ0v) is 27.5. The second-order valence-corrected chi connectivity index (χ2v) is 13.3. The first kappa shape index (κ1) is 28.5. The Balaban J connectivity index is 1.30. The molecular weight excluding hydrogens is 601 g/mol. The highest BCUT2D eigenvalue weighted by atomic mass is 14.2. The molecule has 50 heavy (non-hydrogen) atoms. The van der Waals surface area contributed by atoms with Crippen molar-refractivity contribution in [2.75, 3.05) is 0 Å². The molecule has 0 heteroatoms. The van der Waals surface area contributed by atoms with Crippen LogP contribution in [0.3, 0.4) is 0 Å². The fourth-order valence-corrected chi connectivity index (χ4v) is 8.05. The second kappa shape index (κ2) is 11.6. The zero-order valence-electron chi connectivity index (χ0n) is 27.5. The molecule has 0 unspecified atom stereocenters. The summed E-state index contributed by atoms with van der Waals surface area (Å²) in [6.07, 6.45) is 0. The van der Waals surface area contributed by atoms with Crippen LogP contribution < -0.4 is 0 Å². The molecular formula is C50H32. The molecule has 10 aromatic carbocycles. The molecule has 0 aliphatic carbocycles. The van der Waals surface area contributed by atoms with Gasteiger partial charge < -0.3 is 0 Å². The predicted octanol–water partition coefficient (Wildman–Crippen LogP) is 14.1. The van der Waals surface area contributed by atoms with E-state index >= 15 is 0 Å². The Morgan fingerprint density at radius 1 is 0.200 bits per heavy atom. The lowest BCUT2D eigenvalue weighted by molar-refractivity contribution is 1.61. The van der Waals surface area contributed by atoms with E-state index in [1.54, 1.807) is 0 Å². The molecule has 0 N–H and O–H groups in total. The van der Waals surface area contributed by atoms with Crippen molar-refractivity contribution in [3.8, 4) is 44.5 Å². The lowest BCUT2D eigenvalue weighted by atomic mass is 9.82. The number of hydrogen-bond acceptors (Lipinski definition) is 0. The van der Waals surface area contributed by atoms with Gasteiger partial charge >= 0.3 is 0 Å². The summed E-state index contributed by atoms with van der Waals surface area (Å²) in [7, 11) is 0. The van der Waals surface area contributed by atoms with Gasteiger partial charge in [0.25, 0.3) is 0 Å². The molecule has 0 aromatic heterocycles. The van der Waals surface area contributed by atoms with Crippen LogP contribution in [0.2, 0.25) is 0 Å². The molecule has 0 aliphatic rings. The molecule has 0 amide bonds. The maximum absolute atomic E-state index is 2.46. The van der Waals surface area contributed by atoms with E-state index in [0.717, 1.165) is 0 Å². The van der Waals surface area contributed by atoms with Gasteiger partial charge in [-0.3, -0.25) is 0 Å². The van der Waals surface area contributed by atoms with Gasteiger partial charge in [0, 0.05) is 0 Å². The molecule has 0 bridgehead atoms. The van der Waals surface area contributed by atoms with E-state index in [1.165, 1.54) is 98.4 Å². The largest absolute Gasteiger partial charge is 0.0622 e. The maximum Gasteiger partial charge on any atom is -0.00199 e. The third-order valence-corrected chi connectivity index (χ3v) is 10.4. The van der Waals surface area contributed by atoms with E-state index in [2.05, 4.69) is 194 Å². The van der Waals surface area contributed by atoms with Crippen molar-refractivity contribution in [3.05, 3.63) is 194 Å². The highest BCUT2D eigenvalue weighted by Gasteiger charge is 2.20. The molecule has 0 nitrogen and oxygen atoms in total. The van der Waals surface area contributed by atoms with Gasteiger partial charge in [0.2, 0.25) is 0 Å². The summed E-state index contributed by atoms with van der Waals surface area (Å²) in [4.78, 5) is 0. The topological polar surface area (TPSA) is 0 Å². The van der Waals surface area contributed by atoms with Crippen LogP contribution in [0.1, 0.15) is 0 Å². The van der Waals surface area contributed by atoms with Crippen LogP contribution in [0.15, 0.2) is 194 Å². The molecule has 0 radical (unpaired) electrons. The van der Waals surface area contributed by atoms with E-state index in [1.807, 2.05) is 0 Å². The SMILES string of the molecule is c1ccc(-c2ccc(-c3c4ccccc4c(-c4cc5c(ccc6ccccc65)cc4-c4ccc5ccccc5c4)c4ccccc34)cc2)cc1. The van der Waals surface area contributed by atoms with Crippen molar-refractivity contribution in [3.63, 3.8) is 0 Å². The van der Waals surface area contributed by atoms with Crippen LogP contribution in [0.5, 0.6) is 0 Å². The quantitative estimate of drug-likeness (QED) is 0.134. The van der Waals surface area contributed by atoms with E-state index in [4.69, 9.17) is 0 Å². The van der Waals surface area contributed by atoms with Crippen molar-refractivity contribution in [1.82, 2.24) is 0 Å². The molecule has 0 aliphatic heterocycles. The summed E-state index contributed by atoms with van der Waals surface area (Å²) in [6.45, 7) is 0. The fraction of sp³-hybridized carbons (Fsp3) is 0. The third kappa shape index (κ3) is 4.61. The minimum Gasteiger partial charge on any atom is -0.0622 e. The molecule has 10 aromatic rings. The van der Waals surface area contributed by atoms with Crippen LogP contribution in [0.4, 0.5) is 0 Å². The Morgan fingerprint density at radius 3 is 1.38 bits per heavy atom. The number of benzene rings is 10. The first-order valence-electron chi connectivity index (χ1n) is 17.3. The van der Waals surface area contributed by atoms with Gasteiger partial charge in [0.1, 0.15) is 0 Å². The fourth-order valence-electron chi connectivity index (χ4n) is 8.05. The second-order valence-electron chi connectivity index (χ2n) is 13.3. The van der Waals surface area contributed by atoms with Crippen molar-refractivity contribution < 1.29 is 0 Å². The first-order valence-corrected chi connectivity index (χ1v) is 17.3. The van der Waals surface area contributed by atoms with E-state index < -0.39 is 0 Å². The number of hydrogen-bond donors (Lipinski definition) is 0. The average molecular weight is 633 g/mol. The van der Waals surface area contributed by atoms with Crippen molar-refractivity contribution in [2.24, 2.45) is 0 Å². The van der Waals surface area contributed by atoms with Crippen LogP contribution in [0, 0.1) is 0 Å². The Hall–Kier alpha value is -6.50. The Kier molecular flexibility index (Phi) is 6.60. The highest BCUT2D eigenvalue weighted by Crippen LogP contribution is 2.48. The predicted molar refractivity (Wildman–Crippen MR) is 216 cm³/mol. The molecule has 0 saturated heterocycles. The van der Waals surface area contributed by atoms with Crippen molar-refractivity contribution in [2.45, 2.75) is 0 Å². The van der Waals surface area contributed by atoms with E-state index in [0.29, 0.717) is 0 Å². The number of fused-ring (bicyclic) bond motifs is 6. The van der Waals surface area contributed by atoms with E-state index in [9.17, 15) is 0 Å². The van der Waals surface area contributed by atoms with E-state index in [-0.39, 0.29) is 0 Å². The molecule has 232 valence electrons. The minimum absolute atomic E-state index is 1.22. The smallest absolute Gasteiger partial charge is 0.00199 e. The normalized spacial score (nSPS) is 11.6. The van der Waals surface area contributed by atoms with Gasteiger partial charge in [-0.2, -0.15) is 0 Å². The monoisotopic (exact) mass is 632 g/mol. The summed E-state index contributed by atoms with van der Waals surface area (Å²) in [5, 5.41) is 12.6. The summed E-state index contributed by atoms with van der Waals surface area (Å²) >= 11 is 0. The molecule has 0 fully saturated rings. The van der Waals surface area contributed by atoms with Gasteiger partial charge in [-0.15, -0.1) is 0 Å².